The zero-order chi connectivity index (χ0) is 42.1. The van der Waals surface area contributed by atoms with Crippen molar-refractivity contribution >= 4 is 62.0 Å². The van der Waals surface area contributed by atoms with Crippen molar-refractivity contribution in [3.63, 3.8) is 0 Å². The van der Waals surface area contributed by atoms with Crippen molar-refractivity contribution < 1.29 is 0 Å². The molecule has 3 aromatic heterocycles. The summed E-state index contributed by atoms with van der Waals surface area (Å²) in [5.74, 6) is 0.976. The summed E-state index contributed by atoms with van der Waals surface area (Å²) in [6.07, 6.45) is 1.82. The first-order chi connectivity index (χ1) is 31.2. The molecule has 0 unspecified atom stereocenters. The van der Waals surface area contributed by atoms with Gasteiger partial charge in [-0.1, -0.05) is 152 Å². The minimum Gasteiger partial charge on any atom is -0.309 e. The summed E-state index contributed by atoms with van der Waals surface area (Å²) in [6.45, 7) is 4.40. The summed E-state index contributed by atoms with van der Waals surface area (Å²) in [7, 11) is 0. The van der Waals surface area contributed by atoms with Gasteiger partial charge in [-0.25, -0.2) is 9.98 Å². The van der Waals surface area contributed by atoms with Crippen LogP contribution in [0.2, 0.25) is 0 Å². The number of amidine groups is 2. The Hall–Kier alpha value is -8.48. The third kappa shape index (κ3) is 6.90. The van der Waals surface area contributed by atoms with Crippen molar-refractivity contribution in [2.75, 3.05) is 0 Å². The smallest absolute Gasteiger partial charge is 0.179 e. The molecule has 0 N–H and O–H groups in total. The number of para-hydroxylation sites is 3. The molecular weight excluding hydrogens is 769 g/mol. The summed E-state index contributed by atoms with van der Waals surface area (Å²) in [4.78, 5) is 19.1. The fraction of sp³-hybridized carbons (Fsp3) is 0.0175. The Kier molecular flexibility index (Phi) is 9.63. The van der Waals surface area contributed by atoms with E-state index in [4.69, 9.17) is 15.0 Å². The zero-order valence-electron chi connectivity index (χ0n) is 34.4. The molecule has 11 rings (SSSR count). The standard InChI is InChI=1S/C57H40N6/c1-58-57(61-56(41-18-7-3-8-19-41)60-38-39-16-5-2-6-17-39)50-36-43(34-35-59-50)46-24-15-27-53-55(46)49-23-12-14-26-52(49)62(53)45-31-28-40(29-32-45)42-30-33-48-47-22-11-13-25-51(47)63(54(48)37-42)44-20-9-4-10-21-44/h2-37H,1,38H2. The molecule has 0 aliphatic rings. The van der Waals surface area contributed by atoms with Crippen LogP contribution in [0.3, 0.4) is 0 Å². The Balaban J connectivity index is 0.978. The maximum atomic E-state index is 4.98. The second-order valence-electron chi connectivity index (χ2n) is 15.5. The monoisotopic (exact) mass is 808 g/mol. The van der Waals surface area contributed by atoms with Gasteiger partial charge in [-0.15, -0.1) is 0 Å². The van der Waals surface area contributed by atoms with Gasteiger partial charge in [-0.3, -0.25) is 9.98 Å². The molecule has 0 atom stereocenters. The van der Waals surface area contributed by atoms with E-state index in [0.717, 1.165) is 55.6 Å². The molecule has 6 heteroatoms. The van der Waals surface area contributed by atoms with Gasteiger partial charge in [0, 0.05) is 44.7 Å². The highest BCUT2D eigenvalue weighted by molar-refractivity contribution is 6.17. The molecule has 0 saturated heterocycles. The highest BCUT2D eigenvalue weighted by atomic mass is 15.0. The molecule has 0 radical (unpaired) electrons. The van der Waals surface area contributed by atoms with Crippen LogP contribution in [0.1, 0.15) is 16.8 Å². The lowest BCUT2D eigenvalue weighted by molar-refractivity contribution is 1.06. The molecule has 11 aromatic rings. The second kappa shape index (κ2) is 16.2. The maximum Gasteiger partial charge on any atom is 0.179 e. The van der Waals surface area contributed by atoms with Crippen molar-refractivity contribution in [3.8, 4) is 33.6 Å². The average Bonchev–Trinajstić information content (AvgIpc) is 3.88. The van der Waals surface area contributed by atoms with Crippen molar-refractivity contribution in [1.82, 2.24) is 14.1 Å². The van der Waals surface area contributed by atoms with Crippen LogP contribution in [-0.4, -0.2) is 32.5 Å². The van der Waals surface area contributed by atoms with E-state index >= 15 is 0 Å². The van der Waals surface area contributed by atoms with Crippen LogP contribution in [0.25, 0.3) is 77.2 Å². The van der Waals surface area contributed by atoms with Crippen molar-refractivity contribution in [2.45, 2.75) is 6.54 Å². The lowest BCUT2D eigenvalue weighted by Crippen LogP contribution is -2.07. The van der Waals surface area contributed by atoms with E-state index in [0.29, 0.717) is 23.9 Å². The Labute approximate surface area is 365 Å². The van der Waals surface area contributed by atoms with Gasteiger partial charge in [-0.05, 0) is 95.2 Å². The van der Waals surface area contributed by atoms with Crippen molar-refractivity contribution in [3.05, 3.63) is 235 Å². The number of hydrogen-bond acceptors (Lipinski definition) is 2. The lowest BCUT2D eigenvalue weighted by atomic mass is 9.99. The van der Waals surface area contributed by atoms with Crippen LogP contribution in [0, 0.1) is 0 Å². The molecule has 0 spiro atoms. The van der Waals surface area contributed by atoms with Crippen molar-refractivity contribution in [2.24, 2.45) is 15.0 Å². The molecule has 0 aliphatic heterocycles. The molecule has 0 saturated carbocycles. The van der Waals surface area contributed by atoms with Crippen molar-refractivity contribution in [1.29, 1.82) is 0 Å². The first-order valence-electron chi connectivity index (χ1n) is 21.1. The third-order valence-electron chi connectivity index (χ3n) is 11.8. The van der Waals surface area contributed by atoms with Crippen LogP contribution in [0.5, 0.6) is 0 Å². The first kappa shape index (κ1) is 37.5. The summed E-state index contributed by atoms with van der Waals surface area (Å²) in [6, 6.07) is 74.5. The molecule has 0 aliphatic carbocycles. The van der Waals surface area contributed by atoms with Gasteiger partial charge in [0.15, 0.2) is 11.7 Å². The highest BCUT2D eigenvalue weighted by Gasteiger charge is 2.18. The Bertz CT molecular complexity index is 3530. The summed E-state index contributed by atoms with van der Waals surface area (Å²) in [5, 5.41) is 4.82. The normalized spacial score (nSPS) is 12.1. The van der Waals surface area contributed by atoms with Gasteiger partial charge < -0.3 is 9.13 Å². The van der Waals surface area contributed by atoms with Gasteiger partial charge >= 0.3 is 0 Å². The fourth-order valence-electron chi connectivity index (χ4n) is 8.87. The number of aromatic nitrogens is 3. The largest absolute Gasteiger partial charge is 0.309 e. The average molecular weight is 809 g/mol. The number of nitrogens with zero attached hydrogens (tertiary/aromatic N) is 6. The molecule has 0 fully saturated rings. The predicted octanol–water partition coefficient (Wildman–Crippen LogP) is 13.7. The summed E-state index contributed by atoms with van der Waals surface area (Å²) >= 11 is 0. The van der Waals surface area contributed by atoms with Gasteiger partial charge in [0.05, 0.1) is 28.6 Å². The van der Waals surface area contributed by atoms with E-state index in [2.05, 4.69) is 185 Å². The molecule has 6 nitrogen and oxygen atoms in total. The van der Waals surface area contributed by atoms with E-state index < -0.39 is 0 Å². The number of fused-ring (bicyclic) bond motifs is 6. The molecular formula is C57H40N6. The minimum absolute atomic E-state index is 0.405. The molecule has 8 aromatic carbocycles. The fourth-order valence-corrected chi connectivity index (χ4v) is 8.87. The zero-order valence-corrected chi connectivity index (χ0v) is 34.4. The second-order valence-corrected chi connectivity index (χ2v) is 15.5. The molecule has 0 bridgehead atoms. The van der Waals surface area contributed by atoms with E-state index in [9.17, 15) is 0 Å². The van der Waals surface area contributed by atoms with Gasteiger partial charge in [0.25, 0.3) is 0 Å². The number of aliphatic imine (C=N–C) groups is 3. The van der Waals surface area contributed by atoms with Crippen LogP contribution < -0.4 is 0 Å². The van der Waals surface area contributed by atoms with Gasteiger partial charge in [-0.2, -0.15) is 0 Å². The Morgan fingerprint density at radius 1 is 0.460 bits per heavy atom. The molecule has 0 amide bonds. The van der Waals surface area contributed by atoms with Gasteiger partial charge in [0.2, 0.25) is 0 Å². The SMILES string of the molecule is C=NC(=NC(=NCc1ccccc1)c1ccccc1)c1cc(-c2cccc3c2c2ccccc2n3-c2ccc(-c3ccc4c5ccccc5n(-c5ccccc5)c4c3)cc2)ccn1. The lowest BCUT2D eigenvalue weighted by Gasteiger charge is -2.11. The van der Waals surface area contributed by atoms with Crippen LogP contribution in [0.4, 0.5) is 0 Å². The number of pyridine rings is 1. The third-order valence-corrected chi connectivity index (χ3v) is 11.8. The number of hydrogen-bond donors (Lipinski definition) is 0. The Morgan fingerprint density at radius 3 is 1.83 bits per heavy atom. The van der Waals surface area contributed by atoms with E-state index in [1.54, 1.807) is 0 Å². The molecule has 63 heavy (non-hydrogen) atoms. The first-order valence-corrected chi connectivity index (χ1v) is 21.1. The molecule has 298 valence electrons. The van der Waals surface area contributed by atoms with Crippen LogP contribution in [0.15, 0.2) is 233 Å². The minimum atomic E-state index is 0.405. The number of benzene rings is 8. The Morgan fingerprint density at radius 2 is 1.06 bits per heavy atom. The number of rotatable bonds is 8. The molecule has 3 heterocycles. The van der Waals surface area contributed by atoms with E-state index in [1.807, 2.05) is 54.7 Å². The van der Waals surface area contributed by atoms with Crippen LogP contribution >= 0.6 is 0 Å². The van der Waals surface area contributed by atoms with Gasteiger partial charge in [0.1, 0.15) is 5.69 Å². The summed E-state index contributed by atoms with van der Waals surface area (Å²) < 4.78 is 4.74. The predicted molar refractivity (Wildman–Crippen MR) is 263 cm³/mol. The quantitative estimate of drug-likeness (QED) is 0.111. The van der Waals surface area contributed by atoms with Crippen LogP contribution in [-0.2, 0) is 6.54 Å². The highest BCUT2D eigenvalue weighted by Crippen LogP contribution is 2.40. The maximum absolute atomic E-state index is 4.98. The van der Waals surface area contributed by atoms with E-state index in [-0.39, 0.29) is 0 Å². The summed E-state index contributed by atoms with van der Waals surface area (Å²) in [5.41, 5.74) is 13.9. The van der Waals surface area contributed by atoms with E-state index in [1.165, 1.54) is 32.8 Å². The topological polar surface area (TPSA) is 59.8 Å².